The summed E-state index contributed by atoms with van der Waals surface area (Å²) in [5.41, 5.74) is 6.58. The van der Waals surface area contributed by atoms with Gasteiger partial charge in [-0.3, -0.25) is 9.69 Å². The van der Waals surface area contributed by atoms with Gasteiger partial charge in [-0.05, 0) is 53.4 Å². The van der Waals surface area contributed by atoms with Crippen LogP contribution in [-0.4, -0.2) is 58.1 Å². The number of aryl methyl sites for hydroxylation is 1. The number of nitrogens with zero attached hydrogens (tertiary/aromatic N) is 4. The summed E-state index contributed by atoms with van der Waals surface area (Å²) in [5.74, 6) is 1.43. The first-order valence-corrected chi connectivity index (χ1v) is 14.6. The number of amides is 1. The first-order chi connectivity index (χ1) is 20.6. The van der Waals surface area contributed by atoms with Crippen LogP contribution in [0.25, 0.3) is 5.65 Å². The molecule has 4 heterocycles. The zero-order valence-corrected chi connectivity index (χ0v) is 23.7. The van der Waals surface area contributed by atoms with Crippen molar-refractivity contribution in [1.82, 2.24) is 19.2 Å². The van der Waals surface area contributed by atoms with E-state index < -0.39 is 0 Å². The van der Waals surface area contributed by atoms with E-state index in [2.05, 4.69) is 94.0 Å². The summed E-state index contributed by atoms with van der Waals surface area (Å²) in [6, 6.07) is 31.6. The maximum atomic E-state index is 13.9. The molecule has 0 saturated carbocycles. The van der Waals surface area contributed by atoms with E-state index in [1.165, 1.54) is 11.1 Å². The fourth-order valence-electron chi connectivity index (χ4n) is 6.30. The molecule has 7 heteroatoms. The van der Waals surface area contributed by atoms with Crippen molar-refractivity contribution < 1.29 is 14.3 Å². The third-order valence-electron chi connectivity index (χ3n) is 8.49. The Hall–Kier alpha value is -4.62. The Morgan fingerprint density at radius 3 is 2.21 bits per heavy atom. The number of benzene rings is 3. The lowest BCUT2D eigenvalue weighted by molar-refractivity contribution is -0.133. The van der Waals surface area contributed by atoms with E-state index in [-0.39, 0.29) is 24.7 Å². The molecule has 0 N–H and O–H groups in total. The van der Waals surface area contributed by atoms with Crippen LogP contribution in [0.1, 0.15) is 46.3 Å². The first kappa shape index (κ1) is 26.3. The van der Waals surface area contributed by atoms with E-state index >= 15 is 0 Å². The number of aromatic nitrogens is 2. The van der Waals surface area contributed by atoms with E-state index in [9.17, 15) is 4.79 Å². The van der Waals surface area contributed by atoms with Gasteiger partial charge in [-0.1, -0.05) is 66.7 Å². The smallest absolute Gasteiger partial charge is 0.231 e. The molecule has 42 heavy (non-hydrogen) atoms. The Balaban J connectivity index is 1.13. The number of carbonyl (C=O) groups excluding carboxylic acids is 1. The van der Waals surface area contributed by atoms with Crippen LogP contribution in [0.15, 0.2) is 103 Å². The number of ether oxygens (including phenoxy) is 2. The summed E-state index contributed by atoms with van der Waals surface area (Å²) in [6.07, 6.45) is 4.30. The maximum Gasteiger partial charge on any atom is 0.231 e. The second-order valence-corrected chi connectivity index (χ2v) is 11.1. The molecule has 7 rings (SSSR count). The van der Waals surface area contributed by atoms with Gasteiger partial charge >= 0.3 is 0 Å². The van der Waals surface area contributed by atoms with Crippen molar-refractivity contribution in [2.24, 2.45) is 0 Å². The lowest BCUT2D eigenvalue weighted by Gasteiger charge is -2.40. The molecule has 5 aromatic rings. The molecule has 2 aliphatic heterocycles. The van der Waals surface area contributed by atoms with E-state index in [4.69, 9.17) is 9.47 Å². The number of carbonyl (C=O) groups is 1. The van der Waals surface area contributed by atoms with Crippen LogP contribution in [0.2, 0.25) is 0 Å². The molecule has 2 aliphatic rings. The third kappa shape index (κ3) is 5.12. The van der Waals surface area contributed by atoms with Crippen LogP contribution in [0.3, 0.4) is 0 Å². The van der Waals surface area contributed by atoms with Crippen molar-refractivity contribution >= 4 is 11.6 Å². The quantitative estimate of drug-likeness (QED) is 0.252. The van der Waals surface area contributed by atoms with Crippen molar-refractivity contribution in [3.8, 4) is 11.5 Å². The summed E-state index contributed by atoms with van der Waals surface area (Å²) >= 11 is 0. The zero-order chi connectivity index (χ0) is 28.5. The van der Waals surface area contributed by atoms with Crippen molar-refractivity contribution in [3.63, 3.8) is 0 Å². The molecule has 2 aromatic heterocycles. The van der Waals surface area contributed by atoms with Crippen LogP contribution >= 0.6 is 0 Å². The van der Waals surface area contributed by atoms with Crippen LogP contribution in [-0.2, 0) is 4.79 Å². The molecule has 3 aromatic carbocycles. The second-order valence-electron chi connectivity index (χ2n) is 11.1. The minimum absolute atomic E-state index is 0.148. The standard InChI is InChI=1S/C35H34N4O3/c1-25-14-15-39-30(23-36-33(39)20-25)29(28-12-13-31-32(21-28)42-24-41-31)22-34(40)37-16-18-38(19-17-37)35(26-8-4-2-5-9-26)27-10-6-3-7-11-27/h2-15,20-21,23,29,35H,16-19,22,24H2,1H3. The summed E-state index contributed by atoms with van der Waals surface area (Å²) < 4.78 is 13.3. The van der Waals surface area contributed by atoms with Gasteiger partial charge in [-0.15, -0.1) is 0 Å². The highest BCUT2D eigenvalue weighted by molar-refractivity contribution is 5.78. The van der Waals surface area contributed by atoms with Gasteiger partial charge in [0.05, 0.1) is 11.7 Å². The molecule has 1 unspecified atom stereocenters. The van der Waals surface area contributed by atoms with Crippen molar-refractivity contribution in [2.75, 3.05) is 33.0 Å². The average Bonchev–Trinajstić information content (AvgIpc) is 3.68. The largest absolute Gasteiger partial charge is 0.454 e. The lowest BCUT2D eigenvalue weighted by Crippen LogP contribution is -2.50. The highest BCUT2D eigenvalue weighted by Crippen LogP contribution is 2.38. The van der Waals surface area contributed by atoms with E-state index in [1.807, 2.05) is 35.5 Å². The van der Waals surface area contributed by atoms with E-state index in [1.54, 1.807) is 0 Å². The number of imidazole rings is 1. The van der Waals surface area contributed by atoms with E-state index in [0.717, 1.165) is 47.1 Å². The highest BCUT2D eigenvalue weighted by atomic mass is 16.7. The third-order valence-corrected chi connectivity index (χ3v) is 8.49. The molecule has 0 spiro atoms. The Labute approximate surface area is 245 Å². The Morgan fingerprint density at radius 2 is 1.50 bits per heavy atom. The summed E-state index contributed by atoms with van der Waals surface area (Å²) in [5, 5.41) is 0. The minimum atomic E-state index is -0.177. The van der Waals surface area contributed by atoms with Crippen LogP contribution in [0.4, 0.5) is 0 Å². The second kappa shape index (κ2) is 11.3. The highest BCUT2D eigenvalue weighted by Gasteiger charge is 2.31. The average molecular weight is 559 g/mol. The Kier molecular flexibility index (Phi) is 7.10. The van der Waals surface area contributed by atoms with Gasteiger partial charge in [0.2, 0.25) is 12.7 Å². The van der Waals surface area contributed by atoms with Gasteiger partial charge in [0.25, 0.3) is 0 Å². The molecule has 7 nitrogen and oxygen atoms in total. The van der Waals surface area contributed by atoms with Crippen molar-refractivity contribution in [2.45, 2.75) is 25.3 Å². The van der Waals surface area contributed by atoms with Crippen molar-refractivity contribution in [3.05, 3.63) is 131 Å². The summed E-state index contributed by atoms with van der Waals surface area (Å²) in [4.78, 5) is 23.1. The fraction of sp³-hybridized carbons (Fsp3) is 0.257. The van der Waals surface area contributed by atoms with Crippen molar-refractivity contribution in [1.29, 1.82) is 0 Å². The summed E-state index contributed by atoms with van der Waals surface area (Å²) in [6.45, 7) is 5.28. The Morgan fingerprint density at radius 1 is 0.810 bits per heavy atom. The SMILES string of the molecule is Cc1ccn2c(C(CC(=O)N3CCN(C(c4ccccc4)c4ccccc4)CC3)c3ccc4c(c3)OCO4)cnc2c1. The number of hydrogen-bond acceptors (Lipinski definition) is 5. The molecule has 1 atom stereocenters. The van der Waals surface area contributed by atoms with Gasteiger partial charge in [0.15, 0.2) is 11.5 Å². The normalized spacial score (nSPS) is 15.8. The molecule has 1 saturated heterocycles. The molecule has 0 aliphatic carbocycles. The zero-order valence-electron chi connectivity index (χ0n) is 23.7. The summed E-state index contributed by atoms with van der Waals surface area (Å²) in [7, 11) is 0. The first-order valence-electron chi connectivity index (χ1n) is 14.6. The van der Waals surface area contributed by atoms with Crippen LogP contribution in [0, 0.1) is 6.92 Å². The number of hydrogen-bond donors (Lipinski definition) is 0. The molecule has 212 valence electrons. The fourth-order valence-corrected chi connectivity index (χ4v) is 6.30. The molecule has 1 fully saturated rings. The molecule has 1 amide bonds. The Bertz CT molecular complexity index is 1650. The number of piperazine rings is 1. The molecular weight excluding hydrogens is 524 g/mol. The van der Waals surface area contributed by atoms with E-state index in [0.29, 0.717) is 19.5 Å². The van der Waals surface area contributed by atoms with Crippen LogP contribution in [0.5, 0.6) is 11.5 Å². The molecule has 0 bridgehead atoms. The maximum absolute atomic E-state index is 13.9. The van der Waals surface area contributed by atoms with Gasteiger partial charge in [0, 0.05) is 50.9 Å². The number of fused-ring (bicyclic) bond motifs is 2. The predicted molar refractivity (Wildman–Crippen MR) is 162 cm³/mol. The predicted octanol–water partition coefficient (Wildman–Crippen LogP) is 5.83. The van der Waals surface area contributed by atoms with Gasteiger partial charge < -0.3 is 18.8 Å². The van der Waals surface area contributed by atoms with Crippen LogP contribution < -0.4 is 9.47 Å². The molecular formula is C35H34N4O3. The minimum Gasteiger partial charge on any atom is -0.454 e. The monoisotopic (exact) mass is 558 g/mol. The number of pyridine rings is 1. The topological polar surface area (TPSA) is 59.3 Å². The molecule has 0 radical (unpaired) electrons. The number of rotatable bonds is 7. The van der Waals surface area contributed by atoms with Gasteiger partial charge in [-0.2, -0.15) is 0 Å². The van der Waals surface area contributed by atoms with Gasteiger partial charge in [0.1, 0.15) is 5.65 Å². The van der Waals surface area contributed by atoms with Gasteiger partial charge in [-0.25, -0.2) is 4.98 Å². The lowest BCUT2D eigenvalue weighted by atomic mass is 9.91.